The Kier molecular flexibility index (Phi) is 5.35. The predicted molar refractivity (Wildman–Crippen MR) is 99.3 cm³/mol. The first-order valence-corrected chi connectivity index (χ1v) is 8.84. The van der Waals surface area contributed by atoms with Crippen LogP contribution in [-0.4, -0.2) is 18.4 Å². The average molecular weight is 354 g/mol. The van der Waals surface area contributed by atoms with E-state index in [0.29, 0.717) is 19.4 Å². The molecule has 1 aliphatic rings. The average Bonchev–Trinajstić information content (AvgIpc) is 3.41. The minimum Gasteiger partial charge on any atom is -0.356 e. The van der Waals surface area contributed by atoms with E-state index in [1.54, 1.807) is 12.1 Å². The Morgan fingerprint density at radius 1 is 1.00 bits per heavy atom. The van der Waals surface area contributed by atoms with Crippen LogP contribution in [0.15, 0.2) is 42.5 Å². The van der Waals surface area contributed by atoms with E-state index in [9.17, 15) is 14.0 Å². The van der Waals surface area contributed by atoms with E-state index < -0.39 is 0 Å². The fraction of sp³-hybridized carbons (Fsp3) is 0.333. The maximum Gasteiger partial charge on any atom is 0.228 e. The summed E-state index contributed by atoms with van der Waals surface area (Å²) in [6.45, 7) is 4.50. The number of rotatable bonds is 6. The number of nitrogens with one attached hydrogen (secondary N) is 2. The van der Waals surface area contributed by atoms with Crippen molar-refractivity contribution in [1.82, 2.24) is 5.32 Å². The summed E-state index contributed by atoms with van der Waals surface area (Å²) >= 11 is 0. The van der Waals surface area contributed by atoms with Gasteiger partial charge in [0.15, 0.2) is 0 Å². The SMILES string of the molecule is Cc1ccc(NC(=O)C2CC2C(=O)NCCc2ccc(F)cc2)cc1C. The molecule has 0 aliphatic heterocycles. The molecule has 0 heterocycles. The Morgan fingerprint density at radius 2 is 1.69 bits per heavy atom. The molecule has 4 nitrogen and oxygen atoms in total. The highest BCUT2D eigenvalue weighted by atomic mass is 19.1. The summed E-state index contributed by atoms with van der Waals surface area (Å²) in [5.74, 6) is -0.982. The molecule has 2 amide bonds. The van der Waals surface area contributed by atoms with Gasteiger partial charge in [-0.1, -0.05) is 18.2 Å². The number of aryl methyl sites for hydroxylation is 2. The van der Waals surface area contributed by atoms with Crippen LogP contribution < -0.4 is 10.6 Å². The van der Waals surface area contributed by atoms with Crippen LogP contribution >= 0.6 is 0 Å². The summed E-state index contributed by atoms with van der Waals surface area (Å²) in [7, 11) is 0. The molecule has 2 aromatic rings. The summed E-state index contributed by atoms with van der Waals surface area (Å²) in [6.07, 6.45) is 1.22. The highest BCUT2D eigenvalue weighted by Crippen LogP contribution is 2.39. The quantitative estimate of drug-likeness (QED) is 0.836. The van der Waals surface area contributed by atoms with Gasteiger partial charge in [0.1, 0.15) is 5.82 Å². The molecule has 1 aliphatic carbocycles. The van der Waals surface area contributed by atoms with Crippen LogP contribution in [0.2, 0.25) is 0 Å². The third-order valence-electron chi connectivity index (χ3n) is 4.86. The van der Waals surface area contributed by atoms with Gasteiger partial charge in [-0.15, -0.1) is 0 Å². The zero-order valence-corrected chi connectivity index (χ0v) is 15.0. The maximum atomic E-state index is 12.9. The third-order valence-corrected chi connectivity index (χ3v) is 4.86. The second-order valence-electron chi connectivity index (χ2n) is 6.90. The Hall–Kier alpha value is -2.69. The Balaban J connectivity index is 1.43. The van der Waals surface area contributed by atoms with Gasteiger partial charge in [0.05, 0.1) is 11.8 Å². The molecule has 2 atom stereocenters. The van der Waals surface area contributed by atoms with Crippen molar-refractivity contribution in [2.75, 3.05) is 11.9 Å². The smallest absolute Gasteiger partial charge is 0.228 e. The molecule has 0 saturated heterocycles. The van der Waals surface area contributed by atoms with Crippen molar-refractivity contribution >= 4 is 17.5 Å². The monoisotopic (exact) mass is 354 g/mol. The molecule has 0 aromatic heterocycles. The van der Waals surface area contributed by atoms with Gasteiger partial charge in [0.25, 0.3) is 0 Å². The Morgan fingerprint density at radius 3 is 2.38 bits per heavy atom. The summed E-state index contributed by atoms with van der Waals surface area (Å²) < 4.78 is 12.9. The zero-order chi connectivity index (χ0) is 18.7. The van der Waals surface area contributed by atoms with Gasteiger partial charge in [-0.2, -0.15) is 0 Å². The van der Waals surface area contributed by atoms with Crippen molar-refractivity contribution in [2.24, 2.45) is 11.8 Å². The molecular weight excluding hydrogens is 331 g/mol. The van der Waals surface area contributed by atoms with Crippen molar-refractivity contribution in [3.05, 3.63) is 65.0 Å². The van der Waals surface area contributed by atoms with Crippen molar-refractivity contribution in [2.45, 2.75) is 26.7 Å². The first-order chi connectivity index (χ1) is 12.4. The van der Waals surface area contributed by atoms with Crippen molar-refractivity contribution in [1.29, 1.82) is 0 Å². The largest absolute Gasteiger partial charge is 0.356 e. The molecule has 0 spiro atoms. The zero-order valence-electron chi connectivity index (χ0n) is 15.0. The van der Waals surface area contributed by atoms with Gasteiger partial charge < -0.3 is 10.6 Å². The molecule has 2 unspecified atom stereocenters. The highest BCUT2D eigenvalue weighted by Gasteiger charge is 2.47. The number of carbonyl (C=O) groups is 2. The van der Waals surface area contributed by atoms with Crippen LogP contribution in [0, 0.1) is 31.5 Å². The molecule has 1 saturated carbocycles. The van der Waals surface area contributed by atoms with Gasteiger partial charge in [0.2, 0.25) is 11.8 Å². The summed E-state index contributed by atoms with van der Waals surface area (Å²) in [5.41, 5.74) is 4.02. The minimum atomic E-state index is -0.270. The van der Waals surface area contributed by atoms with E-state index >= 15 is 0 Å². The van der Waals surface area contributed by atoms with Crippen molar-refractivity contribution in [3.63, 3.8) is 0 Å². The molecule has 2 aromatic carbocycles. The van der Waals surface area contributed by atoms with E-state index in [0.717, 1.165) is 16.8 Å². The van der Waals surface area contributed by atoms with Crippen LogP contribution in [-0.2, 0) is 16.0 Å². The summed E-state index contributed by atoms with van der Waals surface area (Å²) in [5, 5.41) is 5.75. The fourth-order valence-electron chi connectivity index (χ4n) is 2.94. The normalized spacial score (nSPS) is 18.3. The van der Waals surface area contributed by atoms with Crippen molar-refractivity contribution in [3.8, 4) is 0 Å². The molecule has 5 heteroatoms. The number of amides is 2. The van der Waals surface area contributed by atoms with Crippen LogP contribution in [0.25, 0.3) is 0 Å². The van der Waals surface area contributed by atoms with Crippen LogP contribution in [0.5, 0.6) is 0 Å². The van der Waals surface area contributed by atoms with Gasteiger partial charge in [-0.25, -0.2) is 4.39 Å². The summed E-state index contributed by atoms with van der Waals surface area (Å²) in [6, 6.07) is 12.0. The molecular formula is C21H23FN2O2. The lowest BCUT2D eigenvalue weighted by molar-refractivity contribution is -0.125. The molecule has 0 bridgehead atoms. The first-order valence-electron chi connectivity index (χ1n) is 8.84. The second kappa shape index (κ2) is 7.68. The molecule has 1 fully saturated rings. The topological polar surface area (TPSA) is 58.2 Å². The lowest BCUT2D eigenvalue weighted by Gasteiger charge is -2.08. The number of halogens is 1. The standard InChI is InChI=1S/C21H23FN2O2/c1-13-3-8-17(11-14(13)2)24-21(26)19-12-18(19)20(25)23-10-9-15-4-6-16(22)7-5-15/h3-8,11,18-19H,9-10,12H2,1-2H3,(H,23,25)(H,24,26). The van der Waals surface area contributed by atoms with E-state index in [-0.39, 0.29) is 29.5 Å². The highest BCUT2D eigenvalue weighted by molar-refractivity contribution is 5.99. The molecule has 136 valence electrons. The first kappa shape index (κ1) is 18.1. The minimum absolute atomic E-state index is 0.0904. The van der Waals surface area contributed by atoms with Gasteiger partial charge in [-0.3, -0.25) is 9.59 Å². The lowest BCUT2D eigenvalue weighted by atomic mass is 10.1. The number of benzene rings is 2. The van der Waals surface area contributed by atoms with E-state index in [2.05, 4.69) is 10.6 Å². The van der Waals surface area contributed by atoms with Crippen LogP contribution in [0.1, 0.15) is 23.1 Å². The van der Waals surface area contributed by atoms with Crippen LogP contribution in [0.4, 0.5) is 10.1 Å². The Bertz CT molecular complexity index is 817. The lowest BCUT2D eigenvalue weighted by Crippen LogP contribution is -2.29. The van der Waals surface area contributed by atoms with Crippen molar-refractivity contribution < 1.29 is 14.0 Å². The van der Waals surface area contributed by atoms with E-state index in [1.807, 2.05) is 32.0 Å². The molecule has 3 rings (SSSR count). The number of carbonyl (C=O) groups excluding carboxylic acids is 2. The van der Waals surface area contributed by atoms with Crippen LogP contribution in [0.3, 0.4) is 0 Å². The molecule has 2 N–H and O–H groups in total. The third kappa shape index (κ3) is 4.48. The number of anilines is 1. The van der Waals surface area contributed by atoms with Gasteiger partial charge >= 0.3 is 0 Å². The van der Waals surface area contributed by atoms with Gasteiger partial charge in [0, 0.05) is 12.2 Å². The second-order valence-corrected chi connectivity index (χ2v) is 6.90. The fourth-order valence-corrected chi connectivity index (χ4v) is 2.94. The Labute approximate surface area is 152 Å². The number of hydrogen-bond acceptors (Lipinski definition) is 2. The maximum absolute atomic E-state index is 12.9. The predicted octanol–water partition coefficient (Wildman–Crippen LogP) is 3.38. The van der Waals surface area contributed by atoms with Gasteiger partial charge in [-0.05, 0) is 67.6 Å². The molecule has 0 radical (unpaired) electrons. The number of hydrogen-bond donors (Lipinski definition) is 2. The molecule has 26 heavy (non-hydrogen) atoms. The summed E-state index contributed by atoms with van der Waals surface area (Å²) in [4.78, 5) is 24.5. The van der Waals surface area contributed by atoms with E-state index in [4.69, 9.17) is 0 Å². The van der Waals surface area contributed by atoms with E-state index in [1.165, 1.54) is 17.7 Å².